The number of aliphatic hydroxyl groups is 1. The van der Waals surface area contributed by atoms with E-state index in [9.17, 15) is 18.3 Å². The van der Waals surface area contributed by atoms with E-state index in [1.165, 1.54) is 6.07 Å². The van der Waals surface area contributed by atoms with Gasteiger partial charge >= 0.3 is 6.18 Å². The van der Waals surface area contributed by atoms with Gasteiger partial charge in [0.25, 0.3) is 0 Å². The highest BCUT2D eigenvalue weighted by atomic mass is 32.1. The quantitative estimate of drug-likeness (QED) is 0.621. The molecule has 184 valence electrons. The van der Waals surface area contributed by atoms with Gasteiger partial charge in [0.1, 0.15) is 22.0 Å². The first kappa shape index (κ1) is 24.9. The lowest BCUT2D eigenvalue weighted by Gasteiger charge is -2.53. The molecule has 1 aromatic heterocycles. The van der Waals surface area contributed by atoms with E-state index in [0.717, 1.165) is 5.56 Å². The Bertz CT molecular complexity index is 1080. The lowest BCUT2D eigenvalue weighted by atomic mass is 9.70. The van der Waals surface area contributed by atoms with Crippen LogP contribution in [-0.4, -0.2) is 49.5 Å². The lowest BCUT2D eigenvalue weighted by molar-refractivity contribution is -0.173. The summed E-state index contributed by atoms with van der Waals surface area (Å²) in [6.45, 7) is 2.86. The van der Waals surface area contributed by atoms with Crippen molar-refractivity contribution in [1.29, 1.82) is 0 Å². The van der Waals surface area contributed by atoms with E-state index in [-0.39, 0.29) is 6.61 Å². The molecule has 3 heterocycles. The standard InChI is InChI=1S/C25H28F3NO4S/c1-5-19-22(15(2)30)24(23-16(8-11-33-24)12-21(34-23)25(26,27)28)9-10-29(19)14-17-6-7-18(31-3)13-20(17)32-4/h1,6-7,12-13,15,19,22,30H,8-11,14H2,2-4H3/t15?,19-,22?,24?/m1/s1. The molecule has 1 saturated heterocycles. The number of hydrogen-bond acceptors (Lipinski definition) is 6. The van der Waals surface area contributed by atoms with E-state index in [2.05, 4.69) is 10.8 Å². The summed E-state index contributed by atoms with van der Waals surface area (Å²) in [5.74, 6) is 3.51. The summed E-state index contributed by atoms with van der Waals surface area (Å²) in [6.07, 6.45) is 1.49. The molecular weight excluding hydrogens is 467 g/mol. The van der Waals surface area contributed by atoms with Gasteiger partial charge in [-0.2, -0.15) is 13.2 Å². The number of benzene rings is 1. The number of hydrogen-bond donors (Lipinski definition) is 1. The average molecular weight is 496 g/mol. The second-order valence-corrected chi connectivity index (χ2v) is 9.78. The number of piperidine rings is 1. The van der Waals surface area contributed by atoms with Crippen LogP contribution in [-0.2, 0) is 29.5 Å². The minimum absolute atomic E-state index is 0.286. The Morgan fingerprint density at radius 3 is 2.71 bits per heavy atom. The van der Waals surface area contributed by atoms with Gasteiger partial charge < -0.3 is 19.3 Å². The Kier molecular flexibility index (Phi) is 6.89. The van der Waals surface area contributed by atoms with Crippen LogP contribution in [0.15, 0.2) is 24.3 Å². The van der Waals surface area contributed by atoms with E-state index in [1.54, 1.807) is 27.2 Å². The van der Waals surface area contributed by atoms with E-state index in [1.807, 2.05) is 12.1 Å². The fraction of sp³-hybridized carbons (Fsp3) is 0.520. The Morgan fingerprint density at radius 2 is 2.09 bits per heavy atom. The number of rotatable bonds is 5. The number of nitrogens with zero attached hydrogens (tertiary/aromatic N) is 1. The minimum Gasteiger partial charge on any atom is -0.497 e. The zero-order valence-electron chi connectivity index (χ0n) is 19.3. The molecule has 0 aliphatic carbocycles. The molecule has 2 aromatic rings. The number of ether oxygens (including phenoxy) is 3. The number of terminal acetylenes is 1. The normalized spacial score (nSPS) is 26.1. The van der Waals surface area contributed by atoms with Crippen molar-refractivity contribution in [3.8, 4) is 23.8 Å². The summed E-state index contributed by atoms with van der Waals surface area (Å²) in [7, 11) is 3.15. The molecule has 0 saturated carbocycles. The van der Waals surface area contributed by atoms with Gasteiger partial charge in [-0.05, 0) is 37.5 Å². The molecule has 4 rings (SSSR count). The first-order valence-corrected chi connectivity index (χ1v) is 11.9. The molecule has 0 radical (unpaired) electrons. The third-order valence-corrected chi connectivity index (χ3v) is 8.19. The zero-order valence-corrected chi connectivity index (χ0v) is 20.1. The number of aliphatic hydroxyl groups excluding tert-OH is 1. The molecule has 5 nitrogen and oxygen atoms in total. The molecule has 2 aliphatic heterocycles. The summed E-state index contributed by atoms with van der Waals surface area (Å²) in [5.41, 5.74) is 0.466. The first-order valence-electron chi connectivity index (χ1n) is 11.1. The van der Waals surface area contributed by atoms with Crippen molar-refractivity contribution in [1.82, 2.24) is 4.90 Å². The van der Waals surface area contributed by atoms with Crippen LogP contribution < -0.4 is 9.47 Å². The van der Waals surface area contributed by atoms with Crippen LogP contribution >= 0.6 is 11.3 Å². The van der Waals surface area contributed by atoms with Crippen molar-refractivity contribution in [2.75, 3.05) is 27.4 Å². The topological polar surface area (TPSA) is 51.2 Å². The molecule has 0 bridgehead atoms. The highest BCUT2D eigenvalue weighted by Crippen LogP contribution is 2.53. The van der Waals surface area contributed by atoms with Crippen LogP contribution in [0.3, 0.4) is 0 Å². The number of methoxy groups -OCH3 is 2. The predicted octanol–water partition coefficient (Wildman–Crippen LogP) is 4.46. The van der Waals surface area contributed by atoms with E-state index < -0.39 is 34.7 Å². The van der Waals surface area contributed by atoms with Gasteiger partial charge in [-0.1, -0.05) is 12.0 Å². The molecule has 3 unspecified atom stereocenters. The third kappa shape index (κ3) is 4.29. The van der Waals surface area contributed by atoms with Crippen LogP contribution in [0.1, 0.15) is 34.2 Å². The van der Waals surface area contributed by atoms with Gasteiger partial charge in [0.05, 0.1) is 33.0 Å². The SMILES string of the molecule is C#C[C@@H]1C(C(C)O)C2(CCN1Cc1ccc(OC)cc1OC)OCCc1cc(C(F)(F)F)sc12. The molecule has 1 spiro atoms. The average Bonchev–Trinajstić information content (AvgIpc) is 3.26. The minimum atomic E-state index is -4.43. The molecule has 34 heavy (non-hydrogen) atoms. The number of fused-ring (bicyclic) bond motifs is 2. The van der Waals surface area contributed by atoms with Crippen LogP contribution in [0.2, 0.25) is 0 Å². The molecule has 1 aromatic carbocycles. The number of alkyl halides is 3. The number of thiophene rings is 1. The second-order valence-electron chi connectivity index (χ2n) is 8.73. The summed E-state index contributed by atoms with van der Waals surface area (Å²) < 4.78 is 57.6. The maximum atomic E-state index is 13.5. The Hall–Kier alpha value is -2.25. The van der Waals surface area contributed by atoms with E-state index in [4.69, 9.17) is 20.6 Å². The maximum Gasteiger partial charge on any atom is 0.425 e. The van der Waals surface area contributed by atoms with Crippen molar-refractivity contribution in [3.63, 3.8) is 0 Å². The number of likely N-dealkylation sites (tertiary alicyclic amines) is 1. The van der Waals surface area contributed by atoms with Gasteiger partial charge in [-0.25, -0.2) is 0 Å². The monoisotopic (exact) mass is 495 g/mol. The zero-order chi connectivity index (χ0) is 24.7. The molecule has 0 amide bonds. The highest BCUT2D eigenvalue weighted by molar-refractivity contribution is 7.12. The highest BCUT2D eigenvalue weighted by Gasteiger charge is 2.55. The summed E-state index contributed by atoms with van der Waals surface area (Å²) in [5, 5.41) is 10.9. The van der Waals surface area contributed by atoms with Gasteiger partial charge in [0.2, 0.25) is 0 Å². The van der Waals surface area contributed by atoms with Crippen molar-refractivity contribution in [2.24, 2.45) is 5.92 Å². The summed E-state index contributed by atoms with van der Waals surface area (Å²) >= 11 is 0.715. The van der Waals surface area contributed by atoms with Crippen molar-refractivity contribution >= 4 is 11.3 Å². The van der Waals surface area contributed by atoms with E-state index >= 15 is 0 Å². The van der Waals surface area contributed by atoms with Gasteiger partial charge in [-0.3, -0.25) is 4.90 Å². The summed E-state index contributed by atoms with van der Waals surface area (Å²) in [4.78, 5) is 1.95. The fourth-order valence-corrected chi connectivity index (χ4v) is 6.59. The summed E-state index contributed by atoms with van der Waals surface area (Å²) in [6, 6.07) is 6.20. The molecule has 1 N–H and O–H groups in total. The van der Waals surface area contributed by atoms with Crippen LogP contribution in [0.5, 0.6) is 11.5 Å². The van der Waals surface area contributed by atoms with Crippen molar-refractivity contribution in [2.45, 2.75) is 50.2 Å². The lowest BCUT2D eigenvalue weighted by Crippen LogP contribution is -2.60. The molecule has 4 atom stereocenters. The Morgan fingerprint density at radius 1 is 1.32 bits per heavy atom. The van der Waals surface area contributed by atoms with E-state index in [0.29, 0.717) is 59.2 Å². The Labute approximate surface area is 201 Å². The van der Waals surface area contributed by atoms with Gasteiger partial charge in [-0.15, -0.1) is 17.8 Å². The van der Waals surface area contributed by atoms with Crippen LogP contribution in [0.25, 0.3) is 0 Å². The molecular formula is C25H28F3NO4S. The molecule has 2 aliphatic rings. The first-order chi connectivity index (χ1) is 16.1. The molecule has 1 fully saturated rings. The Balaban J connectivity index is 1.71. The predicted molar refractivity (Wildman–Crippen MR) is 123 cm³/mol. The molecule has 9 heteroatoms. The smallest absolute Gasteiger partial charge is 0.425 e. The van der Waals surface area contributed by atoms with Crippen molar-refractivity contribution in [3.05, 3.63) is 45.1 Å². The largest absolute Gasteiger partial charge is 0.497 e. The van der Waals surface area contributed by atoms with Crippen LogP contribution in [0.4, 0.5) is 13.2 Å². The third-order valence-electron chi connectivity index (χ3n) is 6.80. The maximum absolute atomic E-state index is 13.5. The second kappa shape index (κ2) is 9.42. The van der Waals surface area contributed by atoms with Gasteiger partial charge in [0.15, 0.2) is 0 Å². The van der Waals surface area contributed by atoms with Crippen molar-refractivity contribution < 1.29 is 32.5 Å². The van der Waals surface area contributed by atoms with Crippen LogP contribution in [0, 0.1) is 18.3 Å². The fourth-order valence-electron chi connectivity index (χ4n) is 5.29. The number of halogens is 3. The van der Waals surface area contributed by atoms with Gasteiger partial charge in [0, 0.05) is 35.5 Å².